The van der Waals surface area contributed by atoms with Gasteiger partial charge < -0.3 is 9.52 Å². The Morgan fingerprint density at radius 1 is 1.26 bits per heavy atom. The van der Waals surface area contributed by atoms with E-state index in [0.717, 1.165) is 12.1 Å². The third-order valence-electron chi connectivity index (χ3n) is 2.36. The largest absolute Gasteiger partial charge is 0.475 e. The Morgan fingerprint density at radius 2 is 2.00 bits per heavy atom. The molecule has 0 radical (unpaired) electrons. The van der Waals surface area contributed by atoms with Crippen LogP contribution < -0.4 is 0 Å². The number of aromatic carboxylic acids is 1. The molecule has 100 valence electrons. The van der Waals surface area contributed by atoms with Gasteiger partial charge in [0.1, 0.15) is 17.3 Å². The first-order valence-corrected chi connectivity index (χ1v) is 6.84. The monoisotopic (exact) mass is 284 g/mol. The molecule has 1 aromatic heterocycles. The van der Waals surface area contributed by atoms with Gasteiger partial charge >= 0.3 is 5.97 Å². The average molecular weight is 284 g/mol. The molecule has 1 heterocycles. The summed E-state index contributed by atoms with van der Waals surface area (Å²) in [6, 6.07) is 7.01. The minimum absolute atomic E-state index is 0.0124. The van der Waals surface area contributed by atoms with Gasteiger partial charge in [0.25, 0.3) is 0 Å². The highest BCUT2D eigenvalue weighted by molar-refractivity contribution is 7.90. The fourth-order valence-corrected chi connectivity index (χ4v) is 2.78. The van der Waals surface area contributed by atoms with Crippen LogP contribution in [0.15, 0.2) is 45.7 Å². The summed E-state index contributed by atoms with van der Waals surface area (Å²) in [5.41, 5.74) is 0. The quantitative estimate of drug-likeness (QED) is 0.929. The first-order chi connectivity index (χ1) is 8.88. The highest BCUT2D eigenvalue weighted by Gasteiger charge is 2.19. The van der Waals surface area contributed by atoms with Crippen LogP contribution in [0.25, 0.3) is 0 Å². The Kier molecular flexibility index (Phi) is 3.39. The van der Waals surface area contributed by atoms with Crippen molar-refractivity contribution in [2.45, 2.75) is 10.6 Å². The summed E-state index contributed by atoms with van der Waals surface area (Å²) >= 11 is 0. The molecule has 0 fully saturated rings. The molecule has 2 aromatic rings. The van der Waals surface area contributed by atoms with Gasteiger partial charge in [0, 0.05) is 0 Å². The van der Waals surface area contributed by atoms with Gasteiger partial charge in [-0.05, 0) is 30.3 Å². The van der Waals surface area contributed by atoms with Crippen LogP contribution in [0.3, 0.4) is 0 Å². The van der Waals surface area contributed by atoms with E-state index in [4.69, 9.17) is 9.52 Å². The normalized spacial score (nSPS) is 11.4. The lowest BCUT2D eigenvalue weighted by molar-refractivity contribution is 0.0660. The Hall–Kier alpha value is -2.15. The lowest BCUT2D eigenvalue weighted by atomic mass is 10.4. The van der Waals surface area contributed by atoms with Crippen molar-refractivity contribution in [1.29, 1.82) is 0 Å². The Bertz CT molecular complexity index is 717. The molecule has 5 nitrogen and oxygen atoms in total. The standard InChI is InChI=1S/C12H9FO5S/c13-8-2-1-3-10(6-8)19(16,17)7-9-4-5-11(18-9)12(14)15/h1-6H,7H2,(H,14,15). The number of rotatable bonds is 4. The molecule has 0 aliphatic heterocycles. The molecule has 0 aliphatic rings. The smallest absolute Gasteiger partial charge is 0.371 e. The van der Waals surface area contributed by atoms with Gasteiger partial charge in [0.05, 0.1) is 4.90 Å². The lowest BCUT2D eigenvalue weighted by Crippen LogP contribution is -2.04. The van der Waals surface area contributed by atoms with Gasteiger partial charge in [0.15, 0.2) is 9.84 Å². The fourth-order valence-electron chi connectivity index (χ4n) is 1.50. The van der Waals surface area contributed by atoms with Gasteiger partial charge in [-0.15, -0.1) is 0 Å². The molecule has 0 bridgehead atoms. The molecule has 0 aliphatic carbocycles. The van der Waals surface area contributed by atoms with Crippen LogP contribution in [0.1, 0.15) is 16.3 Å². The first-order valence-electron chi connectivity index (χ1n) is 5.19. The van der Waals surface area contributed by atoms with E-state index in [1.165, 1.54) is 24.3 Å². The summed E-state index contributed by atoms with van der Waals surface area (Å²) in [4.78, 5) is 10.4. The number of carboxylic acid groups (broad SMARTS) is 1. The molecule has 1 aromatic carbocycles. The number of carbonyl (C=O) groups is 1. The highest BCUT2D eigenvalue weighted by Crippen LogP contribution is 2.19. The van der Waals surface area contributed by atoms with Crippen molar-refractivity contribution in [1.82, 2.24) is 0 Å². The lowest BCUT2D eigenvalue weighted by Gasteiger charge is -2.02. The van der Waals surface area contributed by atoms with E-state index in [9.17, 15) is 17.6 Å². The molecular weight excluding hydrogens is 275 g/mol. The van der Waals surface area contributed by atoms with Crippen molar-refractivity contribution in [2.75, 3.05) is 0 Å². The topological polar surface area (TPSA) is 84.6 Å². The highest BCUT2D eigenvalue weighted by atomic mass is 32.2. The van der Waals surface area contributed by atoms with Gasteiger partial charge in [0.2, 0.25) is 5.76 Å². The molecule has 0 spiro atoms. The maximum absolute atomic E-state index is 13.0. The van der Waals surface area contributed by atoms with Crippen LogP contribution >= 0.6 is 0 Å². The zero-order valence-corrected chi connectivity index (χ0v) is 10.4. The summed E-state index contributed by atoms with van der Waals surface area (Å²) in [7, 11) is -3.77. The van der Waals surface area contributed by atoms with Gasteiger partial charge in [-0.25, -0.2) is 17.6 Å². The molecule has 7 heteroatoms. The van der Waals surface area contributed by atoms with Crippen LogP contribution in [0.4, 0.5) is 4.39 Å². The Labute approximate surface area is 108 Å². The van der Waals surface area contributed by atoms with Crippen LogP contribution in [0.5, 0.6) is 0 Å². The zero-order valence-electron chi connectivity index (χ0n) is 9.54. The first kappa shape index (κ1) is 13.3. The van der Waals surface area contributed by atoms with Crippen molar-refractivity contribution >= 4 is 15.8 Å². The Balaban J connectivity index is 2.28. The maximum Gasteiger partial charge on any atom is 0.371 e. The predicted octanol–water partition coefficient (Wildman–Crippen LogP) is 2.09. The van der Waals surface area contributed by atoms with Crippen molar-refractivity contribution in [3.8, 4) is 0 Å². The molecule has 0 saturated carbocycles. The minimum Gasteiger partial charge on any atom is -0.475 e. The SMILES string of the molecule is O=C(O)c1ccc(CS(=O)(=O)c2cccc(F)c2)o1. The molecular formula is C12H9FO5S. The van der Waals surface area contributed by atoms with Crippen molar-refractivity contribution < 1.29 is 27.1 Å². The molecule has 19 heavy (non-hydrogen) atoms. The van der Waals surface area contributed by atoms with Crippen LogP contribution in [0, 0.1) is 5.82 Å². The van der Waals surface area contributed by atoms with Crippen LogP contribution in [0.2, 0.25) is 0 Å². The van der Waals surface area contributed by atoms with E-state index in [2.05, 4.69) is 0 Å². The summed E-state index contributed by atoms with van der Waals surface area (Å²) in [5, 5.41) is 8.66. The maximum atomic E-state index is 13.0. The molecule has 1 N–H and O–H groups in total. The number of benzene rings is 1. The van der Waals surface area contributed by atoms with E-state index in [0.29, 0.717) is 0 Å². The second-order valence-corrected chi connectivity index (χ2v) is 5.78. The van der Waals surface area contributed by atoms with Gasteiger partial charge in [-0.1, -0.05) is 6.07 Å². The van der Waals surface area contributed by atoms with Crippen molar-refractivity contribution in [3.63, 3.8) is 0 Å². The second kappa shape index (κ2) is 4.85. The van der Waals surface area contributed by atoms with Crippen LogP contribution in [-0.4, -0.2) is 19.5 Å². The predicted molar refractivity (Wildman–Crippen MR) is 63.0 cm³/mol. The van der Waals surface area contributed by atoms with Gasteiger partial charge in [-0.3, -0.25) is 0 Å². The molecule has 0 amide bonds. The second-order valence-electron chi connectivity index (χ2n) is 3.79. The number of sulfone groups is 1. The molecule has 2 rings (SSSR count). The third kappa shape index (κ3) is 3.00. The summed E-state index contributed by atoms with van der Waals surface area (Å²) < 4.78 is 41.8. The number of halogens is 1. The summed E-state index contributed by atoms with van der Waals surface area (Å²) in [6.07, 6.45) is 0. The van der Waals surface area contributed by atoms with E-state index in [1.807, 2.05) is 0 Å². The van der Waals surface area contributed by atoms with Gasteiger partial charge in [-0.2, -0.15) is 0 Å². The third-order valence-corrected chi connectivity index (χ3v) is 4.00. The number of hydrogen-bond donors (Lipinski definition) is 1. The fraction of sp³-hybridized carbons (Fsp3) is 0.0833. The average Bonchev–Trinajstić information content (AvgIpc) is 2.77. The Morgan fingerprint density at radius 3 is 2.58 bits per heavy atom. The van der Waals surface area contributed by atoms with E-state index in [-0.39, 0.29) is 16.4 Å². The van der Waals surface area contributed by atoms with E-state index < -0.39 is 27.4 Å². The zero-order chi connectivity index (χ0) is 14.0. The molecule has 0 atom stereocenters. The number of hydrogen-bond acceptors (Lipinski definition) is 4. The van der Waals surface area contributed by atoms with Crippen LogP contribution in [-0.2, 0) is 15.6 Å². The van der Waals surface area contributed by atoms with E-state index >= 15 is 0 Å². The number of furan rings is 1. The minimum atomic E-state index is -3.77. The summed E-state index contributed by atoms with van der Waals surface area (Å²) in [5.74, 6) is -2.82. The van der Waals surface area contributed by atoms with Crippen molar-refractivity contribution in [3.05, 3.63) is 53.7 Å². The molecule has 0 saturated heterocycles. The van der Waals surface area contributed by atoms with Crippen molar-refractivity contribution in [2.24, 2.45) is 0 Å². The number of carboxylic acids is 1. The summed E-state index contributed by atoms with van der Waals surface area (Å²) in [6.45, 7) is 0. The molecule has 0 unspecified atom stereocenters. The van der Waals surface area contributed by atoms with E-state index in [1.54, 1.807) is 0 Å².